The number of hydrogen-bond acceptors (Lipinski definition) is 3. The average Bonchev–Trinajstić information content (AvgIpc) is 2.18. The molecule has 1 aromatic rings. The molecule has 0 aliphatic heterocycles. The van der Waals surface area contributed by atoms with Gasteiger partial charge in [0.05, 0.1) is 12.2 Å². The fraction of sp³-hybridized carbons (Fsp3) is 0.455. The molecule has 15 heavy (non-hydrogen) atoms. The van der Waals surface area contributed by atoms with E-state index in [4.69, 9.17) is 5.11 Å². The van der Waals surface area contributed by atoms with Crippen molar-refractivity contribution in [3.05, 3.63) is 34.3 Å². The maximum atomic E-state index is 9.53. The zero-order chi connectivity index (χ0) is 11.3. The van der Waals surface area contributed by atoms with Crippen molar-refractivity contribution in [1.29, 1.82) is 0 Å². The summed E-state index contributed by atoms with van der Waals surface area (Å²) in [6.07, 6.45) is 0. The molecule has 0 amide bonds. The number of nitrogens with one attached hydrogen (secondary N) is 1. The molecular formula is C11H16BrNO2. The Morgan fingerprint density at radius 2 is 2.20 bits per heavy atom. The van der Waals surface area contributed by atoms with Gasteiger partial charge in [-0.1, -0.05) is 28.1 Å². The molecule has 0 saturated carbocycles. The fourth-order valence-corrected chi connectivity index (χ4v) is 1.63. The molecule has 4 heteroatoms. The smallest absolute Gasteiger partial charge is 0.0972 e. The molecule has 0 fully saturated rings. The Morgan fingerprint density at radius 1 is 1.47 bits per heavy atom. The summed E-state index contributed by atoms with van der Waals surface area (Å²) in [5, 5.41) is 21.5. The number of hydrogen-bond donors (Lipinski definition) is 3. The minimum Gasteiger partial charge on any atom is -0.393 e. The Labute approximate surface area is 98.3 Å². The number of aliphatic hydroxyl groups excluding tert-OH is 1. The quantitative estimate of drug-likeness (QED) is 0.758. The molecule has 84 valence electrons. The molecule has 0 radical (unpaired) electrons. The maximum Gasteiger partial charge on any atom is 0.0972 e. The number of rotatable bonds is 5. The predicted octanol–water partition coefficient (Wildman–Crippen LogP) is 1.28. The highest BCUT2D eigenvalue weighted by Gasteiger charge is 2.17. The van der Waals surface area contributed by atoms with Crippen LogP contribution in [0.25, 0.3) is 0 Å². The SMILES string of the molecule is CC(O)(CO)CNCc1cccc(Br)c1. The van der Waals surface area contributed by atoms with E-state index in [2.05, 4.69) is 21.2 Å². The van der Waals surface area contributed by atoms with Crippen molar-refractivity contribution in [2.24, 2.45) is 0 Å². The summed E-state index contributed by atoms with van der Waals surface area (Å²) in [6.45, 7) is 2.41. The van der Waals surface area contributed by atoms with Crippen LogP contribution in [0.15, 0.2) is 28.7 Å². The summed E-state index contributed by atoms with van der Waals surface area (Å²) >= 11 is 3.39. The highest BCUT2D eigenvalue weighted by atomic mass is 79.9. The van der Waals surface area contributed by atoms with Crippen molar-refractivity contribution in [2.45, 2.75) is 19.1 Å². The van der Waals surface area contributed by atoms with Crippen LogP contribution in [-0.2, 0) is 6.54 Å². The molecule has 3 nitrogen and oxygen atoms in total. The van der Waals surface area contributed by atoms with Gasteiger partial charge in [0.1, 0.15) is 0 Å². The van der Waals surface area contributed by atoms with E-state index in [1.807, 2.05) is 24.3 Å². The molecule has 0 saturated heterocycles. The van der Waals surface area contributed by atoms with Crippen molar-refractivity contribution in [2.75, 3.05) is 13.2 Å². The lowest BCUT2D eigenvalue weighted by Gasteiger charge is -2.20. The van der Waals surface area contributed by atoms with Crippen LogP contribution >= 0.6 is 15.9 Å². The second-order valence-corrected chi connectivity index (χ2v) is 4.80. The summed E-state index contributed by atoms with van der Waals surface area (Å²) in [4.78, 5) is 0. The van der Waals surface area contributed by atoms with Crippen LogP contribution < -0.4 is 5.32 Å². The van der Waals surface area contributed by atoms with Gasteiger partial charge in [0.15, 0.2) is 0 Å². The largest absolute Gasteiger partial charge is 0.393 e. The minimum absolute atomic E-state index is 0.238. The van der Waals surface area contributed by atoms with Crippen molar-refractivity contribution in [3.63, 3.8) is 0 Å². The van der Waals surface area contributed by atoms with Gasteiger partial charge in [-0.05, 0) is 24.6 Å². The van der Waals surface area contributed by atoms with Gasteiger partial charge >= 0.3 is 0 Å². The molecular weight excluding hydrogens is 258 g/mol. The van der Waals surface area contributed by atoms with Crippen LogP contribution in [0.1, 0.15) is 12.5 Å². The van der Waals surface area contributed by atoms with Gasteiger partial charge in [0.2, 0.25) is 0 Å². The Morgan fingerprint density at radius 3 is 2.80 bits per heavy atom. The van der Waals surface area contributed by atoms with Crippen LogP contribution in [0.5, 0.6) is 0 Å². The number of aliphatic hydroxyl groups is 2. The first-order valence-electron chi connectivity index (χ1n) is 4.82. The first kappa shape index (κ1) is 12.6. The van der Waals surface area contributed by atoms with Crippen molar-refractivity contribution < 1.29 is 10.2 Å². The van der Waals surface area contributed by atoms with Gasteiger partial charge in [0, 0.05) is 17.6 Å². The van der Waals surface area contributed by atoms with E-state index in [1.165, 1.54) is 0 Å². The van der Waals surface area contributed by atoms with Crippen molar-refractivity contribution >= 4 is 15.9 Å². The third-order valence-corrected chi connectivity index (χ3v) is 2.56. The third-order valence-electron chi connectivity index (χ3n) is 2.06. The summed E-state index contributed by atoms with van der Waals surface area (Å²) in [7, 11) is 0. The van der Waals surface area contributed by atoms with E-state index in [9.17, 15) is 5.11 Å². The molecule has 0 aliphatic rings. The zero-order valence-corrected chi connectivity index (χ0v) is 10.3. The van der Waals surface area contributed by atoms with E-state index in [0.29, 0.717) is 13.1 Å². The first-order chi connectivity index (χ1) is 7.03. The van der Waals surface area contributed by atoms with Gasteiger partial charge in [-0.15, -0.1) is 0 Å². The molecule has 0 aliphatic carbocycles. The molecule has 0 heterocycles. The lowest BCUT2D eigenvalue weighted by atomic mass is 10.1. The molecule has 0 spiro atoms. The highest BCUT2D eigenvalue weighted by molar-refractivity contribution is 9.10. The third kappa shape index (κ3) is 4.75. The van der Waals surface area contributed by atoms with Gasteiger partial charge in [0.25, 0.3) is 0 Å². The van der Waals surface area contributed by atoms with Crippen molar-refractivity contribution in [1.82, 2.24) is 5.32 Å². The molecule has 1 atom stereocenters. The van der Waals surface area contributed by atoms with Crippen LogP contribution in [0.4, 0.5) is 0 Å². The predicted molar refractivity (Wildman–Crippen MR) is 63.6 cm³/mol. The Bertz CT molecular complexity index is 315. The van der Waals surface area contributed by atoms with Crippen LogP contribution in [0.2, 0.25) is 0 Å². The second kappa shape index (κ2) is 5.61. The Kier molecular flexibility index (Phi) is 4.73. The van der Waals surface area contributed by atoms with E-state index in [0.717, 1.165) is 10.0 Å². The molecule has 1 aromatic carbocycles. The summed E-state index contributed by atoms with van der Waals surface area (Å²) in [6, 6.07) is 7.95. The van der Waals surface area contributed by atoms with E-state index >= 15 is 0 Å². The van der Waals surface area contributed by atoms with Gasteiger partial charge in [-0.3, -0.25) is 0 Å². The molecule has 1 rings (SSSR count). The molecule has 1 unspecified atom stereocenters. The minimum atomic E-state index is -1.05. The number of halogens is 1. The molecule has 0 aromatic heterocycles. The summed E-state index contributed by atoms with van der Waals surface area (Å²) in [5.41, 5.74) is 0.0876. The molecule has 3 N–H and O–H groups in total. The fourth-order valence-electron chi connectivity index (χ4n) is 1.18. The van der Waals surface area contributed by atoms with Gasteiger partial charge in [-0.25, -0.2) is 0 Å². The summed E-state index contributed by atoms with van der Waals surface area (Å²) in [5.74, 6) is 0. The Balaban J connectivity index is 2.38. The molecule has 0 bridgehead atoms. The van der Waals surface area contributed by atoms with Crippen LogP contribution in [0.3, 0.4) is 0 Å². The lowest BCUT2D eigenvalue weighted by Crippen LogP contribution is -2.40. The Hall–Kier alpha value is -0.420. The first-order valence-corrected chi connectivity index (χ1v) is 5.61. The maximum absolute atomic E-state index is 9.53. The van der Waals surface area contributed by atoms with E-state index < -0.39 is 5.60 Å². The highest BCUT2D eigenvalue weighted by Crippen LogP contribution is 2.11. The zero-order valence-electron chi connectivity index (χ0n) is 8.70. The van der Waals surface area contributed by atoms with Gasteiger partial charge < -0.3 is 15.5 Å². The number of benzene rings is 1. The average molecular weight is 274 g/mol. The van der Waals surface area contributed by atoms with E-state index in [-0.39, 0.29) is 6.61 Å². The summed E-state index contributed by atoms with van der Waals surface area (Å²) < 4.78 is 1.04. The van der Waals surface area contributed by atoms with Gasteiger partial charge in [-0.2, -0.15) is 0 Å². The van der Waals surface area contributed by atoms with Crippen LogP contribution in [0, 0.1) is 0 Å². The lowest BCUT2D eigenvalue weighted by molar-refractivity contribution is 0.00254. The topological polar surface area (TPSA) is 52.5 Å². The van der Waals surface area contributed by atoms with Crippen LogP contribution in [-0.4, -0.2) is 29.0 Å². The van der Waals surface area contributed by atoms with E-state index in [1.54, 1.807) is 6.92 Å². The van der Waals surface area contributed by atoms with Crippen molar-refractivity contribution in [3.8, 4) is 0 Å². The monoisotopic (exact) mass is 273 g/mol. The second-order valence-electron chi connectivity index (χ2n) is 3.89. The standard InChI is InChI=1S/C11H16BrNO2/c1-11(15,8-14)7-13-6-9-3-2-4-10(12)5-9/h2-5,13-15H,6-8H2,1H3. The normalized spacial score (nSPS) is 14.9.